The average molecular weight is 469 g/mol. The molecule has 1 heterocycles. The predicted molar refractivity (Wildman–Crippen MR) is 115 cm³/mol. The zero-order valence-corrected chi connectivity index (χ0v) is 18.4. The van der Waals surface area contributed by atoms with Gasteiger partial charge in [0.05, 0.1) is 16.4 Å². The Bertz CT molecular complexity index is 1100. The van der Waals surface area contributed by atoms with Crippen LogP contribution >= 0.6 is 30.5 Å². The Morgan fingerprint density at radius 2 is 1.93 bits per heavy atom. The minimum absolute atomic E-state index is 0.0137. The van der Waals surface area contributed by atoms with Gasteiger partial charge in [0.25, 0.3) is 5.91 Å². The highest BCUT2D eigenvalue weighted by Gasteiger charge is 2.19. The van der Waals surface area contributed by atoms with Crippen LogP contribution < -0.4 is 20.1 Å². The van der Waals surface area contributed by atoms with Crippen LogP contribution in [0.3, 0.4) is 0 Å². The third kappa shape index (κ3) is 5.81. The van der Waals surface area contributed by atoms with Crippen molar-refractivity contribution in [2.75, 3.05) is 5.32 Å². The molecule has 0 aliphatic heterocycles. The summed E-state index contributed by atoms with van der Waals surface area (Å²) in [5, 5.41) is 4.68. The highest BCUT2D eigenvalue weighted by atomic mass is 35.5. The van der Waals surface area contributed by atoms with Crippen molar-refractivity contribution in [2.24, 2.45) is 0 Å². The van der Waals surface area contributed by atoms with Crippen molar-refractivity contribution in [3.8, 4) is 17.2 Å². The number of carbonyl (C=O) groups is 1. The van der Waals surface area contributed by atoms with Crippen molar-refractivity contribution in [1.82, 2.24) is 4.98 Å². The standard InChI is InChI=1S/C19H18ClN2O6PS/c1-11(2)27-13-7-12(18(23)22-19-21-5-6-30-19)8-14(9-13)28-17-4-3-15(10-16(17)20)29(24,25)26/h3-11H,1-2H3,(H,21,22,23)(H2,24,25,26). The quantitative estimate of drug-likeness (QED) is 0.439. The monoisotopic (exact) mass is 468 g/mol. The fourth-order valence-corrected chi connectivity index (χ4v) is 3.82. The van der Waals surface area contributed by atoms with E-state index in [-0.39, 0.29) is 33.5 Å². The number of amides is 1. The molecular weight excluding hydrogens is 451 g/mol. The van der Waals surface area contributed by atoms with Crippen LogP contribution in [0.2, 0.25) is 5.02 Å². The number of carbonyl (C=O) groups excluding carboxylic acids is 1. The van der Waals surface area contributed by atoms with Crippen LogP contribution in [-0.4, -0.2) is 26.8 Å². The van der Waals surface area contributed by atoms with Crippen molar-refractivity contribution in [3.05, 3.63) is 58.6 Å². The summed E-state index contributed by atoms with van der Waals surface area (Å²) >= 11 is 7.41. The molecule has 0 aliphatic carbocycles. The predicted octanol–water partition coefficient (Wildman–Crippen LogP) is 4.43. The van der Waals surface area contributed by atoms with Gasteiger partial charge >= 0.3 is 7.60 Å². The van der Waals surface area contributed by atoms with Gasteiger partial charge in [-0.3, -0.25) is 14.7 Å². The van der Waals surface area contributed by atoms with Crippen LogP contribution in [-0.2, 0) is 4.57 Å². The van der Waals surface area contributed by atoms with E-state index in [1.165, 1.54) is 29.5 Å². The Morgan fingerprint density at radius 1 is 1.20 bits per heavy atom. The van der Waals surface area contributed by atoms with Gasteiger partial charge in [-0.1, -0.05) is 11.6 Å². The topological polar surface area (TPSA) is 118 Å². The molecular formula is C19H18ClN2O6PS. The Balaban J connectivity index is 1.91. The molecule has 3 rings (SSSR count). The van der Waals surface area contributed by atoms with Crippen molar-refractivity contribution in [2.45, 2.75) is 20.0 Å². The lowest BCUT2D eigenvalue weighted by Crippen LogP contribution is -2.13. The fourth-order valence-electron chi connectivity index (χ4n) is 2.44. The van der Waals surface area contributed by atoms with Crippen LogP contribution in [0.5, 0.6) is 17.2 Å². The van der Waals surface area contributed by atoms with E-state index in [0.29, 0.717) is 10.9 Å². The summed E-state index contributed by atoms with van der Waals surface area (Å²) in [4.78, 5) is 35.2. The van der Waals surface area contributed by atoms with E-state index in [4.69, 9.17) is 21.1 Å². The van der Waals surface area contributed by atoms with Gasteiger partial charge in [0.2, 0.25) is 0 Å². The Kier molecular flexibility index (Phi) is 6.80. The number of hydrogen-bond acceptors (Lipinski definition) is 6. The molecule has 0 saturated carbocycles. The number of aromatic nitrogens is 1. The van der Waals surface area contributed by atoms with Gasteiger partial charge in [-0.15, -0.1) is 11.3 Å². The van der Waals surface area contributed by atoms with Crippen molar-refractivity contribution >= 4 is 46.9 Å². The average Bonchev–Trinajstić information content (AvgIpc) is 3.14. The highest BCUT2D eigenvalue weighted by Crippen LogP contribution is 2.38. The van der Waals surface area contributed by atoms with Crippen LogP contribution in [0.1, 0.15) is 24.2 Å². The zero-order chi connectivity index (χ0) is 21.9. The summed E-state index contributed by atoms with van der Waals surface area (Å²) in [6, 6.07) is 8.39. The van der Waals surface area contributed by atoms with Crippen LogP contribution in [0.15, 0.2) is 48.0 Å². The number of ether oxygens (including phenoxy) is 2. The van der Waals surface area contributed by atoms with E-state index in [9.17, 15) is 19.1 Å². The van der Waals surface area contributed by atoms with E-state index in [1.54, 1.807) is 23.7 Å². The first-order valence-corrected chi connectivity index (χ1v) is 11.5. The van der Waals surface area contributed by atoms with Crippen molar-refractivity contribution < 1.29 is 28.6 Å². The molecule has 0 unspecified atom stereocenters. The van der Waals surface area contributed by atoms with E-state index < -0.39 is 13.5 Å². The molecule has 2 aromatic carbocycles. The first kappa shape index (κ1) is 22.3. The fraction of sp³-hybridized carbons (Fsp3) is 0.158. The van der Waals surface area contributed by atoms with E-state index >= 15 is 0 Å². The molecule has 3 N–H and O–H groups in total. The largest absolute Gasteiger partial charge is 0.491 e. The first-order chi connectivity index (χ1) is 14.1. The van der Waals surface area contributed by atoms with Crippen molar-refractivity contribution in [1.29, 1.82) is 0 Å². The number of thiazole rings is 1. The van der Waals surface area contributed by atoms with Gasteiger partial charge in [0, 0.05) is 23.2 Å². The maximum atomic E-state index is 12.6. The maximum Gasteiger partial charge on any atom is 0.356 e. The third-order valence-corrected chi connectivity index (χ3v) is 5.58. The van der Waals surface area contributed by atoms with Gasteiger partial charge in [-0.25, -0.2) is 4.98 Å². The van der Waals surface area contributed by atoms with E-state index in [0.717, 1.165) is 6.07 Å². The van der Waals surface area contributed by atoms with Gasteiger partial charge in [-0.2, -0.15) is 0 Å². The minimum atomic E-state index is -4.44. The molecule has 0 aliphatic rings. The summed E-state index contributed by atoms with van der Waals surface area (Å²) in [6.45, 7) is 3.70. The molecule has 0 atom stereocenters. The smallest absolute Gasteiger partial charge is 0.356 e. The molecule has 1 aromatic heterocycles. The van der Waals surface area contributed by atoms with Gasteiger partial charge in [0.1, 0.15) is 17.2 Å². The number of hydrogen-bond donors (Lipinski definition) is 3. The molecule has 8 nitrogen and oxygen atoms in total. The summed E-state index contributed by atoms with van der Waals surface area (Å²) in [5.74, 6) is 0.451. The normalized spacial score (nSPS) is 11.4. The van der Waals surface area contributed by atoms with Crippen LogP contribution in [0, 0.1) is 0 Å². The molecule has 0 fully saturated rings. The number of nitrogens with one attached hydrogen (secondary N) is 1. The van der Waals surface area contributed by atoms with Gasteiger partial charge in [-0.05, 0) is 44.2 Å². The van der Waals surface area contributed by atoms with E-state index in [2.05, 4.69) is 10.3 Å². The highest BCUT2D eigenvalue weighted by molar-refractivity contribution is 7.60. The third-order valence-electron chi connectivity index (χ3n) is 3.65. The second-order valence-electron chi connectivity index (χ2n) is 6.41. The lowest BCUT2D eigenvalue weighted by atomic mass is 10.2. The lowest BCUT2D eigenvalue weighted by Gasteiger charge is -2.15. The molecule has 0 bridgehead atoms. The number of nitrogens with zero attached hydrogens (tertiary/aromatic N) is 1. The summed E-state index contributed by atoms with van der Waals surface area (Å²) in [7, 11) is -4.44. The molecule has 11 heteroatoms. The first-order valence-electron chi connectivity index (χ1n) is 8.68. The van der Waals surface area contributed by atoms with Gasteiger partial charge in [0.15, 0.2) is 5.13 Å². The SMILES string of the molecule is CC(C)Oc1cc(Oc2ccc(P(=O)(O)O)cc2Cl)cc(C(=O)Nc2nccs2)c1. The van der Waals surface area contributed by atoms with Gasteiger partial charge < -0.3 is 19.3 Å². The second-order valence-corrected chi connectivity index (χ2v) is 9.32. The Morgan fingerprint density at radius 3 is 2.53 bits per heavy atom. The minimum Gasteiger partial charge on any atom is -0.491 e. The molecule has 0 saturated heterocycles. The Labute approximate surface area is 181 Å². The number of halogens is 1. The Hall–Kier alpha value is -2.42. The van der Waals surface area contributed by atoms with Crippen LogP contribution in [0.25, 0.3) is 0 Å². The summed E-state index contributed by atoms with van der Waals surface area (Å²) in [6.07, 6.45) is 1.44. The maximum absolute atomic E-state index is 12.6. The number of anilines is 1. The second kappa shape index (κ2) is 9.16. The molecule has 158 valence electrons. The lowest BCUT2D eigenvalue weighted by molar-refractivity contribution is 0.102. The summed E-state index contributed by atoms with van der Waals surface area (Å²) < 4.78 is 22.9. The number of benzene rings is 2. The molecule has 30 heavy (non-hydrogen) atoms. The van der Waals surface area contributed by atoms with E-state index in [1.807, 2.05) is 13.8 Å². The molecule has 0 spiro atoms. The van der Waals surface area contributed by atoms with Crippen LogP contribution in [0.4, 0.5) is 5.13 Å². The molecule has 1 amide bonds. The summed E-state index contributed by atoms with van der Waals surface area (Å²) in [5.41, 5.74) is 0.279. The molecule has 0 radical (unpaired) electrons. The van der Waals surface area contributed by atoms with Crippen molar-refractivity contribution in [3.63, 3.8) is 0 Å². The molecule has 3 aromatic rings. The zero-order valence-electron chi connectivity index (χ0n) is 15.9. The number of rotatable bonds is 7.